The number of hydrogen-bond acceptors (Lipinski definition) is 5. The van der Waals surface area contributed by atoms with Gasteiger partial charge >= 0.3 is 6.03 Å². The molecule has 0 radical (unpaired) electrons. The van der Waals surface area contributed by atoms with Gasteiger partial charge in [0, 0.05) is 6.21 Å². The average molecular weight is 337 g/mol. The second kappa shape index (κ2) is 6.96. The maximum absolute atomic E-state index is 12.6. The first-order valence-electron chi connectivity index (χ1n) is 7.52. The molecule has 2 aromatic carbocycles. The molecule has 0 spiro atoms. The Kier molecular flexibility index (Phi) is 4.56. The Morgan fingerprint density at radius 2 is 1.72 bits per heavy atom. The highest BCUT2D eigenvalue weighted by molar-refractivity contribution is 6.32. The van der Waals surface area contributed by atoms with E-state index in [1.807, 2.05) is 6.07 Å². The van der Waals surface area contributed by atoms with Crippen LogP contribution in [0.5, 0.6) is 5.75 Å². The van der Waals surface area contributed by atoms with Crippen molar-refractivity contribution < 1.29 is 19.1 Å². The molecule has 1 fully saturated rings. The number of imide groups is 2. The van der Waals surface area contributed by atoms with Crippen LogP contribution in [-0.2, 0) is 9.59 Å². The number of carbonyl (C=O) groups is 3. The van der Waals surface area contributed by atoms with E-state index in [2.05, 4.69) is 10.3 Å². The number of aliphatic imine (C=N–C) groups is 1. The van der Waals surface area contributed by atoms with Crippen LogP contribution in [0.15, 0.2) is 59.6 Å². The van der Waals surface area contributed by atoms with E-state index in [4.69, 9.17) is 4.74 Å². The Balaban J connectivity index is 1.87. The van der Waals surface area contributed by atoms with Crippen LogP contribution < -0.4 is 15.0 Å². The predicted octanol–water partition coefficient (Wildman–Crippen LogP) is 2.30. The zero-order valence-electron chi connectivity index (χ0n) is 13.4. The van der Waals surface area contributed by atoms with E-state index >= 15 is 0 Å². The molecule has 0 aromatic heterocycles. The van der Waals surface area contributed by atoms with Crippen LogP contribution in [0.1, 0.15) is 0 Å². The number of rotatable bonds is 4. The summed E-state index contributed by atoms with van der Waals surface area (Å²) in [6.07, 6.45) is 1.25. The second-order valence-electron chi connectivity index (χ2n) is 5.26. The van der Waals surface area contributed by atoms with E-state index in [1.165, 1.54) is 13.3 Å². The zero-order valence-corrected chi connectivity index (χ0v) is 13.4. The lowest BCUT2D eigenvalue weighted by atomic mass is 10.1. The summed E-state index contributed by atoms with van der Waals surface area (Å²) < 4.78 is 5.06. The van der Waals surface area contributed by atoms with Gasteiger partial charge in [-0.2, -0.15) is 0 Å². The summed E-state index contributed by atoms with van der Waals surface area (Å²) in [5.74, 6) is -1.94. The van der Waals surface area contributed by atoms with E-state index in [9.17, 15) is 14.4 Å². The minimum absolute atomic E-state index is 0.342. The number of amides is 4. The van der Waals surface area contributed by atoms with Crippen molar-refractivity contribution in [1.29, 1.82) is 0 Å². The van der Waals surface area contributed by atoms with Crippen molar-refractivity contribution in [2.45, 2.75) is 0 Å². The van der Waals surface area contributed by atoms with Crippen LogP contribution in [0.3, 0.4) is 0 Å². The molecule has 7 nitrogen and oxygen atoms in total. The third kappa shape index (κ3) is 3.40. The molecule has 1 heterocycles. The number of benzene rings is 2. The molecule has 1 saturated heterocycles. The van der Waals surface area contributed by atoms with Crippen LogP contribution in [0.25, 0.3) is 0 Å². The van der Waals surface area contributed by atoms with Crippen molar-refractivity contribution >= 4 is 35.4 Å². The van der Waals surface area contributed by atoms with Crippen molar-refractivity contribution in [2.24, 2.45) is 10.9 Å². The fraction of sp³-hybridized carbons (Fsp3) is 0.111. The molecule has 126 valence electrons. The number of hydrogen-bond donors (Lipinski definition) is 1. The van der Waals surface area contributed by atoms with Crippen LogP contribution in [-0.4, -0.2) is 31.2 Å². The van der Waals surface area contributed by atoms with E-state index in [-0.39, 0.29) is 0 Å². The molecule has 0 aliphatic carbocycles. The Labute approximate surface area is 143 Å². The number of barbiturate groups is 1. The van der Waals surface area contributed by atoms with Crippen LogP contribution in [0, 0.1) is 5.92 Å². The maximum Gasteiger partial charge on any atom is 0.335 e. The number of nitrogens with zero attached hydrogens (tertiary/aromatic N) is 2. The largest absolute Gasteiger partial charge is 0.497 e. The van der Waals surface area contributed by atoms with E-state index in [0.29, 0.717) is 17.1 Å². The molecule has 1 atom stereocenters. The number of para-hydroxylation sites is 1. The summed E-state index contributed by atoms with van der Waals surface area (Å²) in [5.41, 5.74) is 0.949. The summed E-state index contributed by atoms with van der Waals surface area (Å²) >= 11 is 0. The molecule has 1 aliphatic rings. The van der Waals surface area contributed by atoms with Gasteiger partial charge in [-0.05, 0) is 36.4 Å². The van der Waals surface area contributed by atoms with Gasteiger partial charge in [0.2, 0.25) is 5.91 Å². The Bertz CT molecular complexity index is 831. The van der Waals surface area contributed by atoms with Gasteiger partial charge < -0.3 is 4.74 Å². The molecule has 0 saturated carbocycles. The van der Waals surface area contributed by atoms with Gasteiger partial charge in [-0.25, -0.2) is 9.69 Å². The van der Waals surface area contributed by atoms with Gasteiger partial charge in [0.15, 0.2) is 5.92 Å². The standard InChI is InChI=1S/C18H15N3O4/c1-25-14-9-7-13(8-10-14)21-17(23)15(16(22)20-18(21)24)11-19-12-5-3-2-4-6-12/h2-11,15H,1H3,(H,20,22,24)/t15-/m1/s1. The minimum atomic E-state index is -1.18. The van der Waals surface area contributed by atoms with Crippen LogP contribution >= 0.6 is 0 Å². The number of methoxy groups -OCH3 is 1. The van der Waals surface area contributed by atoms with Gasteiger partial charge in [-0.3, -0.25) is 19.9 Å². The van der Waals surface area contributed by atoms with E-state index < -0.39 is 23.8 Å². The fourth-order valence-electron chi connectivity index (χ4n) is 2.37. The lowest BCUT2D eigenvalue weighted by Gasteiger charge is -2.28. The number of anilines is 1. The maximum atomic E-state index is 12.6. The number of urea groups is 1. The predicted molar refractivity (Wildman–Crippen MR) is 92.1 cm³/mol. The molecule has 25 heavy (non-hydrogen) atoms. The first-order valence-corrected chi connectivity index (χ1v) is 7.52. The molecule has 2 aromatic rings. The van der Waals surface area contributed by atoms with Gasteiger partial charge in [0.1, 0.15) is 5.75 Å². The summed E-state index contributed by atoms with van der Waals surface area (Å²) in [7, 11) is 1.52. The quantitative estimate of drug-likeness (QED) is 0.685. The minimum Gasteiger partial charge on any atom is -0.497 e. The van der Waals surface area contributed by atoms with Crippen molar-refractivity contribution in [3.05, 3.63) is 54.6 Å². The summed E-state index contributed by atoms with van der Waals surface area (Å²) in [4.78, 5) is 41.8. The fourth-order valence-corrected chi connectivity index (χ4v) is 2.37. The van der Waals surface area contributed by atoms with Crippen LogP contribution in [0.4, 0.5) is 16.2 Å². The molecule has 0 bridgehead atoms. The van der Waals surface area contributed by atoms with E-state index in [0.717, 1.165) is 4.90 Å². The third-order valence-electron chi connectivity index (χ3n) is 3.66. The highest BCUT2D eigenvalue weighted by Gasteiger charge is 2.40. The highest BCUT2D eigenvalue weighted by Crippen LogP contribution is 2.23. The molecular weight excluding hydrogens is 322 g/mol. The molecule has 1 aliphatic heterocycles. The topological polar surface area (TPSA) is 88.1 Å². The summed E-state index contributed by atoms with van der Waals surface area (Å²) in [6, 6.07) is 14.5. The third-order valence-corrected chi connectivity index (χ3v) is 3.66. The molecule has 4 amide bonds. The Morgan fingerprint density at radius 3 is 2.36 bits per heavy atom. The van der Waals surface area contributed by atoms with Crippen LogP contribution in [0.2, 0.25) is 0 Å². The Hall–Kier alpha value is -3.48. The summed E-state index contributed by atoms with van der Waals surface area (Å²) in [5, 5.41) is 2.18. The van der Waals surface area contributed by atoms with Gasteiger partial charge in [-0.1, -0.05) is 18.2 Å². The molecule has 3 rings (SSSR count). The summed E-state index contributed by atoms with van der Waals surface area (Å²) in [6.45, 7) is 0. The lowest BCUT2D eigenvalue weighted by Crippen LogP contribution is -2.58. The SMILES string of the molecule is COc1ccc(N2C(=O)NC(=O)[C@@H](C=Nc3ccccc3)C2=O)cc1. The van der Waals surface area contributed by atoms with Gasteiger partial charge in [0.05, 0.1) is 18.5 Å². The molecular formula is C18H15N3O4. The van der Waals surface area contributed by atoms with Gasteiger partial charge in [-0.15, -0.1) is 0 Å². The molecule has 7 heteroatoms. The first kappa shape index (κ1) is 16.4. The number of carbonyl (C=O) groups excluding carboxylic acids is 3. The van der Waals surface area contributed by atoms with Crippen molar-refractivity contribution in [2.75, 3.05) is 12.0 Å². The number of ether oxygens (including phenoxy) is 1. The zero-order chi connectivity index (χ0) is 17.8. The monoisotopic (exact) mass is 337 g/mol. The smallest absolute Gasteiger partial charge is 0.335 e. The second-order valence-corrected chi connectivity index (χ2v) is 5.26. The molecule has 1 N–H and O–H groups in total. The average Bonchev–Trinajstić information content (AvgIpc) is 2.62. The number of nitrogens with one attached hydrogen (secondary N) is 1. The van der Waals surface area contributed by atoms with Crippen molar-refractivity contribution in [3.8, 4) is 5.75 Å². The van der Waals surface area contributed by atoms with E-state index in [1.54, 1.807) is 48.5 Å². The normalized spacial score (nSPS) is 17.7. The van der Waals surface area contributed by atoms with Crippen molar-refractivity contribution in [1.82, 2.24) is 5.32 Å². The molecule has 0 unspecified atom stereocenters. The lowest BCUT2D eigenvalue weighted by molar-refractivity contribution is -0.131. The first-order chi connectivity index (χ1) is 12.1. The Morgan fingerprint density at radius 1 is 1.04 bits per heavy atom. The van der Waals surface area contributed by atoms with Gasteiger partial charge in [0.25, 0.3) is 5.91 Å². The highest BCUT2D eigenvalue weighted by atomic mass is 16.5. The van der Waals surface area contributed by atoms with Crippen molar-refractivity contribution in [3.63, 3.8) is 0 Å².